The third-order valence-corrected chi connectivity index (χ3v) is 3.19. The lowest BCUT2D eigenvalue weighted by atomic mass is 10.3. The molecule has 0 fully saturated rings. The summed E-state index contributed by atoms with van der Waals surface area (Å²) in [6, 6.07) is 5.08. The van der Waals surface area contributed by atoms with Crippen LogP contribution in [-0.2, 0) is 4.79 Å². The highest BCUT2D eigenvalue weighted by atomic mass is 35.5. The van der Waals surface area contributed by atoms with Gasteiger partial charge in [-0.3, -0.25) is 4.79 Å². The molecular formula is C12H15Cl2NO2. The summed E-state index contributed by atoms with van der Waals surface area (Å²) in [5.41, 5.74) is 0. The molecule has 0 aliphatic carbocycles. The van der Waals surface area contributed by atoms with Gasteiger partial charge in [0.15, 0.2) is 6.61 Å². The normalized spacial score (nSPS) is 10.1. The third kappa shape index (κ3) is 3.79. The highest BCUT2D eigenvalue weighted by Gasteiger charge is 2.12. The number of rotatable bonds is 5. The van der Waals surface area contributed by atoms with Crippen LogP contribution in [0.25, 0.3) is 0 Å². The summed E-state index contributed by atoms with van der Waals surface area (Å²) in [6.45, 7) is 5.16. The Morgan fingerprint density at radius 1 is 1.29 bits per heavy atom. The van der Waals surface area contributed by atoms with Crippen molar-refractivity contribution in [3.63, 3.8) is 0 Å². The van der Waals surface area contributed by atoms with E-state index in [1.165, 1.54) is 0 Å². The molecule has 0 spiro atoms. The lowest BCUT2D eigenvalue weighted by Gasteiger charge is -2.18. The van der Waals surface area contributed by atoms with E-state index in [9.17, 15) is 4.79 Å². The number of hydrogen-bond acceptors (Lipinski definition) is 2. The number of nitrogens with zero attached hydrogens (tertiary/aromatic N) is 1. The van der Waals surface area contributed by atoms with Crippen molar-refractivity contribution in [1.82, 2.24) is 4.90 Å². The van der Waals surface area contributed by atoms with E-state index in [1.54, 1.807) is 23.1 Å². The summed E-state index contributed by atoms with van der Waals surface area (Å²) in [5, 5.41) is 0.751. The van der Waals surface area contributed by atoms with E-state index in [0.717, 1.165) is 0 Å². The highest BCUT2D eigenvalue weighted by molar-refractivity contribution is 6.42. The Bertz CT molecular complexity index is 392. The number of halogens is 2. The van der Waals surface area contributed by atoms with Crippen molar-refractivity contribution in [1.29, 1.82) is 0 Å². The molecule has 1 rings (SSSR count). The van der Waals surface area contributed by atoms with E-state index in [2.05, 4.69) is 0 Å². The van der Waals surface area contributed by atoms with E-state index in [-0.39, 0.29) is 12.5 Å². The van der Waals surface area contributed by atoms with Crippen molar-refractivity contribution >= 4 is 29.1 Å². The van der Waals surface area contributed by atoms with Crippen molar-refractivity contribution in [2.24, 2.45) is 0 Å². The first-order valence-electron chi connectivity index (χ1n) is 5.44. The fourth-order valence-electron chi connectivity index (χ4n) is 1.40. The number of hydrogen-bond donors (Lipinski definition) is 0. The predicted octanol–water partition coefficient (Wildman–Crippen LogP) is 3.24. The SMILES string of the molecule is CCN(CC)C(=O)COc1cccc(Cl)c1Cl. The number of likely N-dealkylation sites (N-methyl/N-ethyl adjacent to an activating group) is 1. The van der Waals surface area contributed by atoms with Crippen LogP contribution >= 0.6 is 23.2 Å². The van der Waals surface area contributed by atoms with Gasteiger partial charge in [-0.2, -0.15) is 0 Å². The van der Waals surface area contributed by atoms with Crippen LogP contribution in [0.15, 0.2) is 18.2 Å². The molecule has 0 aliphatic heterocycles. The lowest BCUT2D eigenvalue weighted by molar-refractivity contribution is -0.132. The van der Waals surface area contributed by atoms with Crippen LogP contribution < -0.4 is 4.74 Å². The Hall–Kier alpha value is -0.930. The zero-order chi connectivity index (χ0) is 12.8. The minimum atomic E-state index is -0.0638. The predicted molar refractivity (Wildman–Crippen MR) is 69.9 cm³/mol. The summed E-state index contributed by atoms with van der Waals surface area (Å²) in [7, 11) is 0. The Labute approximate surface area is 111 Å². The van der Waals surface area contributed by atoms with E-state index < -0.39 is 0 Å². The molecular weight excluding hydrogens is 261 g/mol. The zero-order valence-electron chi connectivity index (χ0n) is 9.87. The van der Waals surface area contributed by atoms with Crippen LogP contribution in [0.2, 0.25) is 10.0 Å². The number of carbonyl (C=O) groups excluding carboxylic acids is 1. The van der Waals surface area contributed by atoms with Crippen LogP contribution in [-0.4, -0.2) is 30.5 Å². The molecule has 1 aromatic carbocycles. The average molecular weight is 276 g/mol. The number of amides is 1. The molecule has 0 atom stereocenters. The van der Waals surface area contributed by atoms with Gasteiger partial charge < -0.3 is 9.64 Å². The summed E-state index contributed by atoms with van der Waals surface area (Å²) in [5.74, 6) is 0.366. The van der Waals surface area contributed by atoms with Gasteiger partial charge >= 0.3 is 0 Å². The summed E-state index contributed by atoms with van der Waals surface area (Å²) in [4.78, 5) is 13.4. The summed E-state index contributed by atoms with van der Waals surface area (Å²) < 4.78 is 5.36. The van der Waals surface area contributed by atoms with Crippen LogP contribution in [0, 0.1) is 0 Å². The van der Waals surface area contributed by atoms with Gasteiger partial charge in [0.2, 0.25) is 0 Å². The van der Waals surface area contributed by atoms with Crippen LogP contribution in [0.5, 0.6) is 5.75 Å². The number of ether oxygens (including phenoxy) is 1. The van der Waals surface area contributed by atoms with E-state index in [0.29, 0.717) is 28.9 Å². The first kappa shape index (κ1) is 14.1. The molecule has 0 N–H and O–H groups in total. The van der Waals surface area contributed by atoms with E-state index in [1.807, 2.05) is 13.8 Å². The van der Waals surface area contributed by atoms with Crippen molar-refractivity contribution in [3.05, 3.63) is 28.2 Å². The second-order valence-corrected chi connectivity index (χ2v) is 4.19. The fraction of sp³-hybridized carbons (Fsp3) is 0.417. The second-order valence-electron chi connectivity index (χ2n) is 3.41. The molecule has 0 radical (unpaired) electrons. The first-order chi connectivity index (χ1) is 8.10. The minimum Gasteiger partial charge on any atom is -0.482 e. The molecule has 0 bridgehead atoms. The van der Waals surface area contributed by atoms with Gasteiger partial charge in [-0.1, -0.05) is 29.3 Å². The Morgan fingerprint density at radius 3 is 2.53 bits per heavy atom. The minimum absolute atomic E-state index is 0.0260. The molecule has 0 unspecified atom stereocenters. The molecule has 0 aromatic heterocycles. The van der Waals surface area contributed by atoms with Crippen molar-refractivity contribution < 1.29 is 9.53 Å². The fourth-order valence-corrected chi connectivity index (χ4v) is 1.75. The molecule has 94 valence electrons. The Morgan fingerprint density at radius 2 is 1.94 bits per heavy atom. The number of carbonyl (C=O) groups is 1. The van der Waals surface area contributed by atoms with Crippen molar-refractivity contribution in [2.45, 2.75) is 13.8 Å². The van der Waals surface area contributed by atoms with Gasteiger partial charge in [-0.25, -0.2) is 0 Å². The maximum Gasteiger partial charge on any atom is 0.260 e. The molecule has 3 nitrogen and oxygen atoms in total. The smallest absolute Gasteiger partial charge is 0.260 e. The largest absolute Gasteiger partial charge is 0.482 e. The quantitative estimate of drug-likeness (QED) is 0.826. The topological polar surface area (TPSA) is 29.5 Å². The Kier molecular flexibility index (Phi) is 5.59. The average Bonchev–Trinajstić information content (AvgIpc) is 2.32. The van der Waals surface area contributed by atoms with Crippen molar-refractivity contribution in [3.8, 4) is 5.75 Å². The third-order valence-electron chi connectivity index (χ3n) is 2.38. The van der Waals surface area contributed by atoms with Crippen LogP contribution in [0.3, 0.4) is 0 Å². The molecule has 0 heterocycles. The van der Waals surface area contributed by atoms with Gasteiger partial charge in [0.25, 0.3) is 5.91 Å². The maximum absolute atomic E-state index is 11.7. The van der Waals surface area contributed by atoms with E-state index >= 15 is 0 Å². The zero-order valence-corrected chi connectivity index (χ0v) is 11.4. The first-order valence-corrected chi connectivity index (χ1v) is 6.20. The highest BCUT2D eigenvalue weighted by Crippen LogP contribution is 2.31. The molecule has 17 heavy (non-hydrogen) atoms. The molecule has 0 aliphatic rings. The van der Waals surface area contributed by atoms with Gasteiger partial charge in [0, 0.05) is 13.1 Å². The Balaban J connectivity index is 2.61. The monoisotopic (exact) mass is 275 g/mol. The second kappa shape index (κ2) is 6.72. The van der Waals surface area contributed by atoms with Crippen LogP contribution in [0.4, 0.5) is 0 Å². The summed E-state index contributed by atoms with van der Waals surface area (Å²) >= 11 is 11.8. The molecule has 5 heteroatoms. The van der Waals surface area contributed by atoms with Gasteiger partial charge in [0.05, 0.1) is 5.02 Å². The maximum atomic E-state index is 11.7. The van der Waals surface area contributed by atoms with Crippen molar-refractivity contribution in [2.75, 3.05) is 19.7 Å². The molecule has 0 saturated carbocycles. The number of benzene rings is 1. The van der Waals surface area contributed by atoms with Gasteiger partial charge in [-0.05, 0) is 26.0 Å². The molecule has 1 amide bonds. The van der Waals surface area contributed by atoms with Crippen LogP contribution in [0.1, 0.15) is 13.8 Å². The molecule has 0 saturated heterocycles. The lowest BCUT2D eigenvalue weighted by Crippen LogP contribution is -2.34. The van der Waals surface area contributed by atoms with Gasteiger partial charge in [-0.15, -0.1) is 0 Å². The molecule has 1 aromatic rings. The van der Waals surface area contributed by atoms with Gasteiger partial charge in [0.1, 0.15) is 10.8 Å². The standard InChI is InChI=1S/C12H15Cl2NO2/c1-3-15(4-2)11(16)8-17-10-7-5-6-9(13)12(10)14/h5-7H,3-4,8H2,1-2H3. The van der Waals surface area contributed by atoms with E-state index in [4.69, 9.17) is 27.9 Å². The summed E-state index contributed by atoms with van der Waals surface area (Å²) in [6.07, 6.45) is 0.